The summed E-state index contributed by atoms with van der Waals surface area (Å²) in [6.45, 7) is 1.59. The zero-order chi connectivity index (χ0) is 14.2. The van der Waals surface area contributed by atoms with Crippen molar-refractivity contribution >= 4 is 44.6 Å². The van der Waals surface area contributed by atoms with Gasteiger partial charge in [-0.3, -0.25) is 15.2 Å². The Morgan fingerprint density at radius 3 is 2.74 bits per heavy atom. The summed E-state index contributed by atoms with van der Waals surface area (Å²) in [4.78, 5) is 13.6. The highest BCUT2D eigenvalue weighted by molar-refractivity contribution is 7.94. The number of aryl methyl sites for hydroxylation is 1. The number of nitrogens with zero attached hydrogens (tertiary/aromatic N) is 3. The van der Waals surface area contributed by atoms with Crippen LogP contribution in [0.4, 0.5) is 11.6 Å². The van der Waals surface area contributed by atoms with E-state index in [1.165, 1.54) is 0 Å². The summed E-state index contributed by atoms with van der Waals surface area (Å²) < 4.78 is 25.4. The van der Waals surface area contributed by atoms with Crippen LogP contribution in [0.5, 0.6) is 0 Å². The fourth-order valence-electron chi connectivity index (χ4n) is 1.15. The summed E-state index contributed by atoms with van der Waals surface area (Å²) >= 11 is 6.18. The molecule has 2 aromatic rings. The summed E-state index contributed by atoms with van der Waals surface area (Å²) in [6.07, 6.45) is 0. The number of thiophene rings is 1. The van der Waals surface area contributed by atoms with E-state index in [-0.39, 0.29) is 14.5 Å². The van der Waals surface area contributed by atoms with E-state index in [0.29, 0.717) is 17.2 Å². The summed E-state index contributed by atoms with van der Waals surface area (Å²) in [6, 6.07) is 0.884. The second-order valence-corrected chi connectivity index (χ2v) is 6.89. The van der Waals surface area contributed by atoms with Crippen molar-refractivity contribution in [1.29, 1.82) is 0 Å². The normalized spacial score (nSPS) is 11.5. The molecule has 2 N–H and O–H groups in total. The third-order valence-electron chi connectivity index (χ3n) is 1.93. The first-order valence-electron chi connectivity index (χ1n) is 4.65. The topological polar surface area (TPSA) is 131 Å². The molecule has 19 heavy (non-hydrogen) atoms. The van der Waals surface area contributed by atoms with Gasteiger partial charge in [0, 0.05) is 6.07 Å². The number of H-pyrrole nitrogens is 1. The Hall–Kier alpha value is -1.72. The number of nitro groups is 1. The molecule has 0 amide bonds. The van der Waals surface area contributed by atoms with Gasteiger partial charge in [0.25, 0.3) is 21.7 Å². The number of aromatic nitrogens is 3. The number of sulfonamides is 1. The molecule has 0 saturated heterocycles. The summed E-state index contributed by atoms with van der Waals surface area (Å²) in [5, 5.41) is 16.7. The maximum absolute atomic E-state index is 11.9. The van der Waals surface area contributed by atoms with Crippen LogP contribution < -0.4 is 4.72 Å². The molecule has 0 radical (unpaired) electrons. The molecule has 0 aromatic carbocycles. The minimum absolute atomic E-state index is 0.148. The lowest BCUT2D eigenvalue weighted by atomic mass is 10.6. The predicted octanol–water partition coefficient (Wildman–Crippen LogP) is 1.54. The third-order valence-corrected chi connectivity index (χ3v) is 5.07. The molecule has 0 atom stereocenters. The number of nitrogens with one attached hydrogen (secondary N) is 2. The average molecular weight is 324 g/mol. The SMILES string of the molecule is Cc1nc(NS(=O)(=O)c2cc([N+](=O)[O-])c(Cl)s2)n[nH]1. The summed E-state index contributed by atoms with van der Waals surface area (Å²) in [7, 11) is -4.00. The van der Waals surface area contributed by atoms with Gasteiger partial charge in [0.1, 0.15) is 10.0 Å². The van der Waals surface area contributed by atoms with E-state index >= 15 is 0 Å². The smallest absolute Gasteiger partial charge is 0.261 e. The van der Waals surface area contributed by atoms with Crippen LogP contribution >= 0.6 is 22.9 Å². The quantitative estimate of drug-likeness (QED) is 0.648. The van der Waals surface area contributed by atoms with Gasteiger partial charge < -0.3 is 0 Å². The zero-order valence-corrected chi connectivity index (χ0v) is 11.6. The Balaban J connectivity index is 2.34. The highest BCUT2D eigenvalue weighted by Crippen LogP contribution is 2.36. The van der Waals surface area contributed by atoms with Gasteiger partial charge in [0.05, 0.1) is 4.92 Å². The second-order valence-electron chi connectivity index (χ2n) is 3.33. The maximum atomic E-state index is 11.9. The van der Waals surface area contributed by atoms with Crippen LogP contribution in [0.2, 0.25) is 4.34 Å². The average Bonchev–Trinajstić information content (AvgIpc) is 2.84. The molecule has 0 bridgehead atoms. The van der Waals surface area contributed by atoms with Crippen LogP contribution in [0.25, 0.3) is 0 Å². The lowest BCUT2D eigenvalue weighted by molar-refractivity contribution is -0.384. The zero-order valence-electron chi connectivity index (χ0n) is 9.25. The molecular weight excluding hydrogens is 318 g/mol. The van der Waals surface area contributed by atoms with E-state index in [9.17, 15) is 18.5 Å². The Morgan fingerprint density at radius 2 is 2.26 bits per heavy atom. The molecule has 0 fully saturated rings. The Kier molecular flexibility index (Phi) is 3.43. The number of anilines is 1. The number of rotatable bonds is 4. The molecule has 0 saturated carbocycles. The lowest BCUT2D eigenvalue weighted by Gasteiger charge is -1.99. The maximum Gasteiger partial charge on any atom is 0.300 e. The van der Waals surface area contributed by atoms with Gasteiger partial charge in [-0.25, -0.2) is 13.1 Å². The van der Waals surface area contributed by atoms with Crippen molar-refractivity contribution in [1.82, 2.24) is 15.2 Å². The van der Waals surface area contributed by atoms with E-state index in [2.05, 4.69) is 19.9 Å². The van der Waals surface area contributed by atoms with Gasteiger partial charge in [-0.15, -0.1) is 16.4 Å². The molecule has 9 nitrogen and oxygen atoms in total. The van der Waals surface area contributed by atoms with Gasteiger partial charge >= 0.3 is 0 Å². The Morgan fingerprint density at radius 1 is 1.58 bits per heavy atom. The number of hydrogen-bond acceptors (Lipinski definition) is 7. The van der Waals surface area contributed by atoms with Crippen LogP contribution in [0.1, 0.15) is 5.82 Å². The highest BCUT2D eigenvalue weighted by atomic mass is 35.5. The van der Waals surface area contributed by atoms with Crippen molar-refractivity contribution in [3.05, 3.63) is 26.3 Å². The predicted molar refractivity (Wildman–Crippen MR) is 67.9 cm³/mol. The monoisotopic (exact) mass is 323 g/mol. The lowest BCUT2D eigenvalue weighted by Crippen LogP contribution is -2.12. The number of aromatic amines is 1. The molecule has 0 aliphatic rings. The first-order chi connectivity index (χ1) is 8.79. The fraction of sp³-hybridized carbons (Fsp3) is 0.143. The van der Waals surface area contributed by atoms with E-state index in [1.807, 2.05) is 0 Å². The van der Waals surface area contributed by atoms with Crippen LogP contribution in [0.15, 0.2) is 10.3 Å². The van der Waals surface area contributed by atoms with Crippen molar-refractivity contribution in [2.24, 2.45) is 0 Å². The molecule has 102 valence electrons. The number of hydrogen-bond donors (Lipinski definition) is 2. The van der Waals surface area contributed by atoms with Crippen molar-refractivity contribution in [2.45, 2.75) is 11.1 Å². The molecular formula is C7H6ClN5O4S2. The number of halogens is 1. The third kappa shape index (κ3) is 2.83. The van der Waals surface area contributed by atoms with Crippen molar-refractivity contribution < 1.29 is 13.3 Å². The van der Waals surface area contributed by atoms with Crippen molar-refractivity contribution in [3.63, 3.8) is 0 Å². The van der Waals surface area contributed by atoms with Crippen LogP contribution in [0, 0.1) is 17.0 Å². The molecule has 0 aliphatic heterocycles. The van der Waals surface area contributed by atoms with Crippen LogP contribution in [0.3, 0.4) is 0 Å². The minimum atomic E-state index is -4.00. The van der Waals surface area contributed by atoms with Crippen LogP contribution in [-0.2, 0) is 10.0 Å². The van der Waals surface area contributed by atoms with E-state index < -0.39 is 20.6 Å². The summed E-state index contributed by atoms with van der Waals surface area (Å²) in [5.74, 6) is 0.276. The molecule has 2 rings (SSSR count). The van der Waals surface area contributed by atoms with Gasteiger partial charge in [-0.05, 0) is 6.92 Å². The Bertz CT molecular complexity index is 737. The molecule has 0 aliphatic carbocycles. The van der Waals surface area contributed by atoms with Gasteiger partial charge in [0.2, 0.25) is 0 Å². The minimum Gasteiger partial charge on any atom is -0.261 e. The molecule has 0 unspecified atom stereocenters. The fourth-order valence-corrected chi connectivity index (χ4v) is 3.76. The largest absolute Gasteiger partial charge is 0.300 e. The molecule has 12 heteroatoms. The van der Waals surface area contributed by atoms with Gasteiger partial charge in [0.15, 0.2) is 4.34 Å². The highest BCUT2D eigenvalue weighted by Gasteiger charge is 2.26. The molecule has 2 aromatic heterocycles. The van der Waals surface area contributed by atoms with Crippen molar-refractivity contribution in [3.8, 4) is 0 Å². The summed E-state index contributed by atoms with van der Waals surface area (Å²) in [5.41, 5.74) is -0.460. The van der Waals surface area contributed by atoms with Gasteiger partial charge in [-0.2, -0.15) is 4.98 Å². The van der Waals surface area contributed by atoms with Crippen molar-refractivity contribution in [2.75, 3.05) is 4.72 Å². The molecule has 0 spiro atoms. The standard InChI is InChI=1S/C7H6ClN5O4S2/c1-3-9-7(11-10-3)12-19(16,17)5-2-4(13(14)15)6(8)18-5/h2H,1H3,(H2,9,10,11,12). The first-order valence-corrected chi connectivity index (χ1v) is 7.33. The van der Waals surface area contributed by atoms with E-state index in [0.717, 1.165) is 6.07 Å². The Labute approximate surface area is 115 Å². The molecule has 2 heterocycles. The van der Waals surface area contributed by atoms with Gasteiger partial charge in [-0.1, -0.05) is 11.6 Å². The first kappa shape index (κ1) is 13.7. The van der Waals surface area contributed by atoms with E-state index in [1.54, 1.807) is 6.92 Å². The second kappa shape index (κ2) is 4.75. The van der Waals surface area contributed by atoms with E-state index in [4.69, 9.17) is 11.6 Å². The van der Waals surface area contributed by atoms with Crippen LogP contribution in [-0.4, -0.2) is 28.5 Å².